The van der Waals surface area contributed by atoms with E-state index < -0.39 is 0 Å². The second-order valence-corrected chi connectivity index (χ2v) is 5.00. The molecule has 0 saturated heterocycles. The topological polar surface area (TPSA) is 55.7 Å². The smallest absolute Gasteiger partial charge is 0.195 e. The molecule has 2 heterocycles. The van der Waals surface area contributed by atoms with E-state index in [1.807, 2.05) is 36.6 Å². The van der Waals surface area contributed by atoms with Crippen LogP contribution in [-0.4, -0.2) is 32.5 Å². The van der Waals surface area contributed by atoms with Crippen LogP contribution in [0.4, 0.5) is 0 Å². The van der Waals surface area contributed by atoms with Crippen molar-refractivity contribution in [3.8, 4) is 11.5 Å². The molecular weight excluding hydrogens is 248 g/mol. The molecule has 6 heteroatoms. The minimum Gasteiger partial charge on any atom is -0.377 e. The summed E-state index contributed by atoms with van der Waals surface area (Å²) in [6.07, 6.45) is 1.73. The molecule has 2 aromatic heterocycles. The molecule has 96 valence electrons. The van der Waals surface area contributed by atoms with Gasteiger partial charge in [-0.15, -0.1) is 0 Å². The summed E-state index contributed by atoms with van der Waals surface area (Å²) in [5, 5.41) is 7.03. The molecule has 0 bridgehead atoms. The molecule has 2 rings (SSSR count). The van der Waals surface area contributed by atoms with Crippen molar-refractivity contribution in [3.05, 3.63) is 29.2 Å². The third-order valence-electron chi connectivity index (χ3n) is 2.74. The van der Waals surface area contributed by atoms with Crippen LogP contribution in [-0.2, 0) is 11.3 Å². The summed E-state index contributed by atoms with van der Waals surface area (Å²) in [5.74, 6) is 0.728. The van der Waals surface area contributed by atoms with Gasteiger partial charge in [-0.1, -0.05) is 6.07 Å². The predicted molar refractivity (Wildman–Crippen MR) is 71.7 cm³/mol. The molecule has 2 aromatic rings. The van der Waals surface area contributed by atoms with E-state index in [-0.39, 0.29) is 5.60 Å². The van der Waals surface area contributed by atoms with E-state index in [0.29, 0.717) is 11.3 Å². The lowest BCUT2D eigenvalue weighted by molar-refractivity contribution is 0.00813. The summed E-state index contributed by atoms with van der Waals surface area (Å²) in [7, 11) is 1.68. The molecule has 0 amide bonds. The van der Waals surface area contributed by atoms with Crippen LogP contribution in [0.3, 0.4) is 0 Å². The molecule has 0 radical (unpaired) electrons. The van der Waals surface area contributed by atoms with Crippen molar-refractivity contribution in [2.75, 3.05) is 7.11 Å². The van der Waals surface area contributed by atoms with Gasteiger partial charge in [-0.3, -0.25) is 14.6 Å². The third-order valence-corrected chi connectivity index (χ3v) is 3.06. The number of rotatable bonds is 4. The molecule has 0 aliphatic carbocycles. The van der Waals surface area contributed by atoms with E-state index in [1.165, 1.54) is 0 Å². The van der Waals surface area contributed by atoms with Gasteiger partial charge in [0.1, 0.15) is 5.69 Å². The zero-order valence-corrected chi connectivity index (χ0v) is 11.5. The normalized spacial score (nSPS) is 11.7. The Kier molecular flexibility index (Phi) is 3.58. The number of nitrogens with one attached hydrogen (secondary N) is 1. The lowest BCUT2D eigenvalue weighted by atomic mass is 10.1. The fourth-order valence-electron chi connectivity index (χ4n) is 1.60. The molecule has 0 aromatic carbocycles. The number of aromatic nitrogens is 4. The van der Waals surface area contributed by atoms with Gasteiger partial charge in [0.15, 0.2) is 10.6 Å². The Hall–Kier alpha value is -1.53. The molecule has 0 atom stereocenters. The van der Waals surface area contributed by atoms with Crippen molar-refractivity contribution in [2.45, 2.75) is 26.0 Å². The first-order valence-corrected chi connectivity index (χ1v) is 6.06. The van der Waals surface area contributed by atoms with Crippen LogP contribution in [0.1, 0.15) is 13.8 Å². The number of hydrogen-bond acceptors (Lipinski definition) is 4. The molecule has 0 spiro atoms. The summed E-state index contributed by atoms with van der Waals surface area (Å²) in [4.78, 5) is 4.29. The van der Waals surface area contributed by atoms with Gasteiger partial charge >= 0.3 is 0 Å². The van der Waals surface area contributed by atoms with Crippen LogP contribution < -0.4 is 0 Å². The summed E-state index contributed by atoms with van der Waals surface area (Å²) >= 11 is 5.25. The SMILES string of the molecule is COC(C)(C)Cn1c(-c2ccccn2)n[nH]c1=S. The van der Waals surface area contributed by atoms with E-state index in [0.717, 1.165) is 11.5 Å². The van der Waals surface area contributed by atoms with Gasteiger partial charge in [0.25, 0.3) is 0 Å². The first-order chi connectivity index (χ1) is 8.53. The number of ether oxygens (including phenoxy) is 1. The Bertz CT molecular complexity index is 573. The van der Waals surface area contributed by atoms with Gasteiger partial charge < -0.3 is 4.74 Å². The highest BCUT2D eigenvalue weighted by Crippen LogP contribution is 2.18. The average Bonchev–Trinajstić information content (AvgIpc) is 2.72. The highest BCUT2D eigenvalue weighted by Gasteiger charge is 2.21. The molecule has 0 aliphatic rings. The van der Waals surface area contributed by atoms with Crippen LogP contribution in [0.5, 0.6) is 0 Å². The van der Waals surface area contributed by atoms with E-state index >= 15 is 0 Å². The summed E-state index contributed by atoms with van der Waals surface area (Å²) in [6, 6.07) is 5.70. The highest BCUT2D eigenvalue weighted by atomic mass is 32.1. The monoisotopic (exact) mass is 264 g/mol. The van der Waals surface area contributed by atoms with Gasteiger partial charge in [-0.05, 0) is 38.2 Å². The first kappa shape index (κ1) is 12.9. The first-order valence-electron chi connectivity index (χ1n) is 5.65. The Balaban J connectivity index is 2.43. The summed E-state index contributed by atoms with van der Waals surface area (Å²) in [6.45, 7) is 4.62. The number of aromatic amines is 1. The average molecular weight is 264 g/mol. The van der Waals surface area contributed by atoms with Gasteiger partial charge in [0, 0.05) is 13.3 Å². The Morgan fingerprint density at radius 2 is 2.22 bits per heavy atom. The third kappa shape index (κ3) is 2.65. The van der Waals surface area contributed by atoms with Crippen molar-refractivity contribution in [3.63, 3.8) is 0 Å². The maximum Gasteiger partial charge on any atom is 0.195 e. The Morgan fingerprint density at radius 3 is 2.83 bits per heavy atom. The fourth-order valence-corrected chi connectivity index (χ4v) is 1.80. The van der Waals surface area contributed by atoms with Crippen molar-refractivity contribution < 1.29 is 4.74 Å². The van der Waals surface area contributed by atoms with E-state index in [9.17, 15) is 0 Å². The number of hydrogen-bond donors (Lipinski definition) is 1. The summed E-state index contributed by atoms with van der Waals surface area (Å²) < 4.78 is 7.90. The van der Waals surface area contributed by atoms with Crippen molar-refractivity contribution in [1.29, 1.82) is 0 Å². The molecule has 5 nitrogen and oxygen atoms in total. The second kappa shape index (κ2) is 4.99. The van der Waals surface area contributed by atoms with Crippen molar-refractivity contribution in [2.24, 2.45) is 0 Å². The van der Waals surface area contributed by atoms with Crippen molar-refractivity contribution in [1.82, 2.24) is 19.7 Å². The van der Waals surface area contributed by atoms with Crippen molar-refractivity contribution >= 4 is 12.2 Å². The quantitative estimate of drug-likeness (QED) is 0.862. The Labute approximate surface area is 111 Å². The minimum atomic E-state index is -0.314. The fraction of sp³-hybridized carbons (Fsp3) is 0.417. The highest BCUT2D eigenvalue weighted by molar-refractivity contribution is 7.71. The van der Waals surface area contributed by atoms with Crippen LogP contribution in [0, 0.1) is 4.77 Å². The standard InChI is InChI=1S/C12H16N4OS/c1-12(2,17-3)8-16-10(14-15-11(16)18)9-6-4-5-7-13-9/h4-7H,8H2,1-3H3,(H,15,18). The molecule has 0 fully saturated rings. The van der Waals surface area contributed by atoms with Crippen LogP contribution in [0.25, 0.3) is 11.5 Å². The van der Waals surface area contributed by atoms with Crippen LogP contribution >= 0.6 is 12.2 Å². The second-order valence-electron chi connectivity index (χ2n) is 4.62. The molecule has 0 saturated carbocycles. The van der Waals surface area contributed by atoms with Crippen LogP contribution in [0.2, 0.25) is 0 Å². The van der Waals surface area contributed by atoms with Gasteiger partial charge in [0.2, 0.25) is 0 Å². The number of pyridine rings is 1. The number of methoxy groups -OCH3 is 1. The molecule has 0 unspecified atom stereocenters. The van der Waals surface area contributed by atoms with Gasteiger partial charge in [0.05, 0.1) is 12.1 Å². The maximum atomic E-state index is 5.43. The zero-order valence-electron chi connectivity index (χ0n) is 10.7. The molecule has 0 aliphatic heterocycles. The molecular formula is C12H16N4OS. The number of H-pyrrole nitrogens is 1. The predicted octanol–water partition coefficient (Wildman–Crippen LogP) is 2.43. The zero-order chi connectivity index (χ0) is 13.2. The van der Waals surface area contributed by atoms with E-state index in [1.54, 1.807) is 13.3 Å². The molecule has 1 N–H and O–H groups in total. The minimum absolute atomic E-state index is 0.314. The van der Waals surface area contributed by atoms with Crippen LogP contribution in [0.15, 0.2) is 24.4 Å². The van der Waals surface area contributed by atoms with E-state index in [4.69, 9.17) is 17.0 Å². The Morgan fingerprint density at radius 1 is 1.44 bits per heavy atom. The van der Waals surface area contributed by atoms with Gasteiger partial charge in [-0.2, -0.15) is 5.10 Å². The summed E-state index contributed by atoms with van der Waals surface area (Å²) in [5.41, 5.74) is 0.475. The lowest BCUT2D eigenvalue weighted by Crippen LogP contribution is -2.29. The number of nitrogens with zero attached hydrogens (tertiary/aromatic N) is 3. The van der Waals surface area contributed by atoms with E-state index in [2.05, 4.69) is 15.2 Å². The molecule has 18 heavy (non-hydrogen) atoms. The maximum absolute atomic E-state index is 5.43. The largest absolute Gasteiger partial charge is 0.377 e. The lowest BCUT2D eigenvalue weighted by Gasteiger charge is -2.23. The van der Waals surface area contributed by atoms with Gasteiger partial charge in [-0.25, -0.2) is 0 Å².